The molecule has 30 nitrogen and oxygen atoms in total. The minimum Gasteiger partial charge on any atom is -0.467 e. The van der Waals surface area contributed by atoms with E-state index < -0.39 is 74.4 Å². The van der Waals surface area contributed by atoms with Crippen molar-refractivity contribution >= 4 is 17.0 Å². The maximum Gasteiger partial charge on any atom is 0.422 e. The molecule has 588 valence electrons. The second kappa shape index (κ2) is 35.5. The van der Waals surface area contributed by atoms with Gasteiger partial charge in [0, 0.05) is 116 Å². The van der Waals surface area contributed by atoms with Crippen molar-refractivity contribution in [2.24, 2.45) is 0 Å². The van der Waals surface area contributed by atoms with Crippen LogP contribution in [-0.2, 0) is 37.5 Å². The summed E-state index contributed by atoms with van der Waals surface area (Å²) in [6, 6.07) is 24.7. The van der Waals surface area contributed by atoms with Crippen molar-refractivity contribution in [2.75, 3.05) is 38.4 Å². The predicted molar refractivity (Wildman–Crippen MR) is 367 cm³/mol. The normalized spacial score (nSPS) is 13.0. The number of fused-ring (bicyclic) bond motifs is 1. The van der Waals surface area contributed by atoms with Crippen molar-refractivity contribution in [3.8, 4) is 63.1 Å². The first-order chi connectivity index (χ1) is 53.8. The van der Waals surface area contributed by atoms with Crippen molar-refractivity contribution in [2.45, 2.75) is 83.3 Å². The van der Waals surface area contributed by atoms with Gasteiger partial charge in [-0.15, -0.1) is 0 Å². The van der Waals surface area contributed by atoms with Crippen LogP contribution in [0.15, 0.2) is 198 Å². The highest BCUT2D eigenvalue weighted by Gasteiger charge is 2.47. The molecule has 1 aliphatic heterocycles. The molecule has 0 bridgehead atoms. The molecule has 1 saturated heterocycles. The van der Waals surface area contributed by atoms with Gasteiger partial charge in [-0.25, -0.2) is 68.0 Å². The number of aromatic nitrogens is 18. The monoisotopic (exact) mass is 1590 g/mol. The van der Waals surface area contributed by atoms with Crippen LogP contribution in [0, 0.1) is 12.7 Å². The van der Waals surface area contributed by atoms with Gasteiger partial charge in [-0.1, -0.05) is 23.4 Å². The Morgan fingerprint density at radius 1 is 0.496 bits per heavy atom. The molecule has 12 heterocycles. The lowest BCUT2D eigenvalue weighted by molar-refractivity contribution is -0.155. The average molecular weight is 1590 g/mol. The number of hydrogen-bond acceptors (Lipinski definition) is 26. The molecular weight excluding hydrogens is 1530 g/mol. The first-order valence-corrected chi connectivity index (χ1v) is 32.9. The molecule has 0 N–H and O–H groups in total. The SMILES string of the molecule is COCc1cc(Cn2nc(-c3cnc(OCC(F)(F)F)nc3)ccc2=O)on1.Cc1ccc2oc(Cn3nc(-c4cnc(OCC(F)(F)F)nc4)ccc3=O)nc2c1.O=c1ccc(-c2cnc(N3CCCC3C(F)(F)F)nc2)nn1Cc1cccc(F)c1.O=c1ccc(-c2cnc(OCC(F)(F)F)nc2)nn1Cc1ccco1. The lowest BCUT2D eigenvalue weighted by Crippen LogP contribution is -2.42. The molecule has 0 spiro atoms. The van der Waals surface area contributed by atoms with Crippen LogP contribution < -0.4 is 41.3 Å². The molecule has 14 rings (SSSR count). The third-order valence-corrected chi connectivity index (χ3v) is 15.3. The van der Waals surface area contributed by atoms with E-state index in [0.717, 1.165) is 15.1 Å². The molecule has 0 aliphatic carbocycles. The van der Waals surface area contributed by atoms with Crippen molar-refractivity contribution in [3.63, 3.8) is 0 Å². The standard InChI is InChI=1S/C20H17F4N5O.C19H14F3N5O3.C16H14F3N5O4.C15H11F3N4O3/c21-15-4-1-3-13(9-15)12-29-18(30)7-6-16(27-29)14-10-25-19(26-11-14)28-8-2-5-17(28)20(22,23)24;1-11-2-4-15-14(6-11)25-16(30-15)9-27-17(28)5-3-13(26-27)12-7-23-18(24-8-12)29-10-19(20,21)22;1-26-8-11-4-12(28-23-11)7-24-14(25)3-2-13(22-24)10-5-20-15(21-6-10)27-9-16(17,18)19;16-15(17,18)9-25-14-19-6-10(7-20-14)12-3-4-13(23)22(21-12)8-11-2-1-5-24-11/h1,3-4,6-7,9-11,17H,2,5,8,12H2;2-8H,9-10H2,1H3;2-6H,7-9H2,1H3;1-7H,8-9H2. The Kier molecular flexibility index (Phi) is 25.3. The number of ether oxygens (including phenoxy) is 4. The summed E-state index contributed by atoms with van der Waals surface area (Å²) < 4.78 is 201. The van der Waals surface area contributed by atoms with Gasteiger partial charge in [0.15, 0.2) is 31.2 Å². The summed E-state index contributed by atoms with van der Waals surface area (Å²) in [7, 11) is 1.52. The van der Waals surface area contributed by atoms with Gasteiger partial charge in [-0.05, 0) is 91.6 Å². The minimum absolute atomic E-state index is 0.00616. The Hall–Kier alpha value is -13.5. The minimum atomic E-state index is -4.48. The van der Waals surface area contributed by atoms with Gasteiger partial charge in [0.1, 0.15) is 48.5 Å². The first kappa shape index (κ1) is 80.5. The lowest BCUT2D eigenvalue weighted by atomic mass is 10.2. The Bertz CT molecular complexity index is 5590. The van der Waals surface area contributed by atoms with Crippen molar-refractivity contribution in [3.05, 3.63) is 246 Å². The Labute approximate surface area is 624 Å². The number of oxazole rings is 1. The number of hydrogen-bond donors (Lipinski definition) is 0. The Morgan fingerprint density at radius 2 is 0.947 bits per heavy atom. The van der Waals surface area contributed by atoms with Crippen LogP contribution in [0.3, 0.4) is 0 Å². The topological polar surface area (TPSA) is 348 Å². The van der Waals surface area contributed by atoms with Crippen LogP contribution in [0.2, 0.25) is 0 Å². The lowest BCUT2D eigenvalue weighted by Gasteiger charge is -2.26. The van der Waals surface area contributed by atoms with Gasteiger partial charge in [0.05, 0.1) is 42.2 Å². The van der Waals surface area contributed by atoms with E-state index in [2.05, 4.69) is 84.6 Å². The highest BCUT2D eigenvalue weighted by atomic mass is 19.4. The highest BCUT2D eigenvalue weighted by Crippen LogP contribution is 2.35. The zero-order chi connectivity index (χ0) is 80.6. The summed E-state index contributed by atoms with van der Waals surface area (Å²) in [5.74, 6) is 0.866. The van der Waals surface area contributed by atoms with E-state index in [9.17, 15) is 76.3 Å². The fourth-order valence-electron chi connectivity index (χ4n) is 10.3. The number of furan rings is 1. The van der Waals surface area contributed by atoms with E-state index >= 15 is 0 Å². The number of rotatable bonds is 21. The van der Waals surface area contributed by atoms with Crippen molar-refractivity contribution in [1.82, 2.24) is 89.1 Å². The van der Waals surface area contributed by atoms with Gasteiger partial charge in [0.25, 0.3) is 22.2 Å². The van der Waals surface area contributed by atoms with Gasteiger partial charge in [0.2, 0.25) is 11.8 Å². The molecule has 1 atom stereocenters. The molecule has 1 fully saturated rings. The maximum absolute atomic E-state index is 13.4. The number of alkyl halides is 12. The maximum atomic E-state index is 13.4. The summed E-state index contributed by atoms with van der Waals surface area (Å²) in [6.45, 7) is -1.74. The second-order valence-corrected chi connectivity index (χ2v) is 24.0. The molecule has 1 unspecified atom stereocenters. The number of nitrogens with zero attached hydrogens (tertiary/aromatic N) is 19. The molecule has 0 amide bonds. The fraction of sp³-hybridized carbons (Fsp3) is 0.257. The van der Waals surface area contributed by atoms with E-state index in [4.69, 9.17) is 18.1 Å². The molecule has 0 saturated carbocycles. The first-order valence-electron chi connectivity index (χ1n) is 32.9. The summed E-state index contributed by atoms with van der Waals surface area (Å²) >= 11 is 0. The summed E-state index contributed by atoms with van der Waals surface area (Å²) in [5.41, 5.74) is 5.14. The van der Waals surface area contributed by atoms with Gasteiger partial charge >= 0.3 is 42.7 Å². The van der Waals surface area contributed by atoms with Gasteiger partial charge < -0.3 is 37.2 Å². The summed E-state index contributed by atoms with van der Waals surface area (Å²) in [4.78, 5) is 84.2. The number of benzene rings is 2. The summed E-state index contributed by atoms with van der Waals surface area (Å²) in [5, 5.41) is 20.7. The van der Waals surface area contributed by atoms with Crippen LogP contribution in [0.25, 0.3) is 56.1 Å². The summed E-state index contributed by atoms with van der Waals surface area (Å²) in [6.07, 6.45) is -5.53. The van der Waals surface area contributed by atoms with Crippen LogP contribution in [0.1, 0.15) is 47.1 Å². The predicted octanol–water partition coefficient (Wildman–Crippen LogP) is 10.7. The van der Waals surface area contributed by atoms with E-state index in [1.165, 1.54) is 138 Å². The molecule has 113 heavy (non-hydrogen) atoms. The third kappa shape index (κ3) is 23.3. The molecule has 0 radical (unpaired) electrons. The quantitative estimate of drug-likeness (QED) is 0.0603. The van der Waals surface area contributed by atoms with E-state index in [0.29, 0.717) is 91.2 Å². The van der Waals surface area contributed by atoms with Crippen LogP contribution in [0.5, 0.6) is 18.0 Å². The van der Waals surface area contributed by atoms with Crippen molar-refractivity contribution < 1.29 is 89.4 Å². The molecule has 13 aromatic rings. The molecule has 43 heteroatoms. The molecular formula is C70H56F13N19O11. The number of halogens is 13. The molecule has 11 aromatic heterocycles. The van der Waals surface area contributed by atoms with Crippen LogP contribution >= 0.6 is 0 Å². The zero-order valence-electron chi connectivity index (χ0n) is 58.3. The van der Waals surface area contributed by atoms with Crippen molar-refractivity contribution in [1.29, 1.82) is 0 Å². The molecule has 2 aromatic carbocycles. The van der Waals surface area contributed by atoms with Crippen LogP contribution in [-0.4, -0.2) is 153 Å². The van der Waals surface area contributed by atoms with Crippen LogP contribution in [0.4, 0.5) is 63.0 Å². The van der Waals surface area contributed by atoms with Gasteiger partial charge in [-0.2, -0.15) is 73.1 Å². The van der Waals surface area contributed by atoms with E-state index in [1.807, 2.05) is 19.1 Å². The number of anilines is 1. The molecule has 1 aliphatic rings. The smallest absolute Gasteiger partial charge is 0.422 e. The number of aryl methyl sites for hydroxylation is 1. The highest BCUT2D eigenvalue weighted by molar-refractivity contribution is 5.73. The number of methoxy groups -OCH3 is 1. The Morgan fingerprint density at radius 3 is 1.38 bits per heavy atom. The average Bonchev–Trinajstić information content (AvgIpc) is 1.75. The third-order valence-electron chi connectivity index (χ3n) is 15.3. The van der Waals surface area contributed by atoms with Gasteiger partial charge in [-0.3, -0.25) is 19.2 Å². The zero-order valence-corrected chi connectivity index (χ0v) is 58.3. The Balaban J connectivity index is 0.000000149. The largest absolute Gasteiger partial charge is 0.467 e. The second-order valence-electron chi connectivity index (χ2n) is 24.0. The van der Waals surface area contributed by atoms with E-state index in [-0.39, 0.29) is 73.9 Å². The fourth-order valence-corrected chi connectivity index (χ4v) is 10.3. The van der Waals surface area contributed by atoms with E-state index in [1.54, 1.807) is 36.4 Å².